The van der Waals surface area contributed by atoms with E-state index >= 15 is 0 Å². The molecule has 1 amide bonds. The third kappa shape index (κ3) is 5.20. The number of nitrogens with zero attached hydrogens (tertiary/aromatic N) is 4. The normalized spacial score (nSPS) is 15.3. The van der Waals surface area contributed by atoms with Gasteiger partial charge in [0, 0.05) is 44.4 Å². The van der Waals surface area contributed by atoms with Gasteiger partial charge in [0.1, 0.15) is 0 Å². The van der Waals surface area contributed by atoms with Crippen LogP contribution < -0.4 is 10.6 Å². The number of likely N-dealkylation sites (tertiary alicyclic amines) is 1. The molecule has 0 bridgehead atoms. The molecule has 1 fully saturated rings. The molecular formula is C23H34N6O. The lowest BCUT2D eigenvalue weighted by molar-refractivity contribution is -0.121. The molecule has 0 aliphatic carbocycles. The van der Waals surface area contributed by atoms with Crippen molar-refractivity contribution in [1.82, 2.24) is 25.3 Å². The predicted molar refractivity (Wildman–Crippen MR) is 121 cm³/mol. The Bertz CT molecular complexity index is 865. The number of nitrogens with one attached hydrogen (secondary N) is 2. The summed E-state index contributed by atoms with van der Waals surface area (Å²) < 4.78 is 2.00. The van der Waals surface area contributed by atoms with Gasteiger partial charge < -0.3 is 15.5 Å². The van der Waals surface area contributed by atoms with E-state index in [1.807, 2.05) is 22.9 Å². The van der Waals surface area contributed by atoms with Gasteiger partial charge in [-0.2, -0.15) is 5.10 Å². The molecule has 30 heavy (non-hydrogen) atoms. The smallest absolute Gasteiger partial charge is 0.220 e. The topological polar surface area (TPSA) is 74.5 Å². The van der Waals surface area contributed by atoms with Gasteiger partial charge in [-0.15, -0.1) is 0 Å². The molecule has 1 saturated heterocycles. The highest BCUT2D eigenvalue weighted by Gasteiger charge is 2.23. The van der Waals surface area contributed by atoms with Crippen LogP contribution in [-0.2, 0) is 11.3 Å². The number of piperidine rings is 1. The largest absolute Gasteiger partial charge is 0.359 e. The molecular weight excluding hydrogens is 376 g/mol. The summed E-state index contributed by atoms with van der Waals surface area (Å²) in [5.74, 6) is 1.54. The molecule has 7 nitrogen and oxygen atoms in total. The van der Waals surface area contributed by atoms with Gasteiger partial charge in [0.05, 0.1) is 17.9 Å². The summed E-state index contributed by atoms with van der Waals surface area (Å²) in [5.41, 5.74) is 4.38. The second kappa shape index (κ2) is 10.3. The van der Waals surface area contributed by atoms with Crippen LogP contribution in [0.5, 0.6) is 0 Å². The summed E-state index contributed by atoms with van der Waals surface area (Å²) in [6.07, 6.45) is 2.65. The highest BCUT2D eigenvalue weighted by Crippen LogP contribution is 2.22. The van der Waals surface area contributed by atoms with E-state index in [9.17, 15) is 4.79 Å². The Morgan fingerprint density at radius 1 is 1.20 bits per heavy atom. The molecule has 3 rings (SSSR count). The summed E-state index contributed by atoms with van der Waals surface area (Å²) in [6.45, 7) is 9.54. The molecule has 0 unspecified atom stereocenters. The molecule has 1 aliphatic heterocycles. The Morgan fingerprint density at radius 3 is 2.53 bits per heavy atom. The fourth-order valence-corrected chi connectivity index (χ4v) is 4.02. The van der Waals surface area contributed by atoms with Gasteiger partial charge in [0.25, 0.3) is 0 Å². The number of carbonyl (C=O) groups excluding carboxylic acids is 1. The molecule has 1 aliphatic rings. The van der Waals surface area contributed by atoms with E-state index in [4.69, 9.17) is 10.1 Å². The summed E-state index contributed by atoms with van der Waals surface area (Å²) in [6, 6.07) is 10.2. The van der Waals surface area contributed by atoms with Crippen LogP contribution in [0, 0.1) is 19.8 Å². The van der Waals surface area contributed by atoms with Gasteiger partial charge in [-0.3, -0.25) is 4.79 Å². The molecule has 2 heterocycles. The highest BCUT2D eigenvalue weighted by atomic mass is 16.1. The third-order valence-corrected chi connectivity index (χ3v) is 5.83. The van der Waals surface area contributed by atoms with Crippen LogP contribution in [0.25, 0.3) is 5.69 Å². The van der Waals surface area contributed by atoms with Gasteiger partial charge in [0.2, 0.25) is 5.91 Å². The number of aliphatic imine (C=N–C) groups is 1. The molecule has 0 atom stereocenters. The number of hydrogen-bond acceptors (Lipinski definition) is 3. The first-order chi connectivity index (χ1) is 14.5. The number of guanidine groups is 1. The second-order valence-electron chi connectivity index (χ2n) is 7.87. The first kappa shape index (κ1) is 21.9. The van der Waals surface area contributed by atoms with E-state index in [2.05, 4.69) is 48.4 Å². The highest BCUT2D eigenvalue weighted by molar-refractivity contribution is 5.80. The van der Waals surface area contributed by atoms with E-state index in [0.29, 0.717) is 18.9 Å². The van der Waals surface area contributed by atoms with Gasteiger partial charge in [-0.25, -0.2) is 9.67 Å². The van der Waals surface area contributed by atoms with E-state index < -0.39 is 0 Å². The van der Waals surface area contributed by atoms with Crippen LogP contribution >= 0.6 is 0 Å². The Labute approximate surface area is 179 Å². The maximum absolute atomic E-state index is 11.7. The van der Waals surface area contributed by atoms with Crippen LogP contribution in [0.15, 0.2) is 35.3 Å². The number of amides is 1. The lowest BCUT2D eigenvalue weighted by Gasteiger charge is -2.34. The summed E-state index contributed by atoms with van der Waals surface area (Å²) in [4.78, 5) is 18.9. The standard InChI is InChI=1S/C23H34N6O/c1-5-25-23(28-13-11-19(12-14-28)15-22(30)24-4)26-16-21-17(2)27-29(18(21)3)20-9-7-6-8-10-20/h6-10,19H,5,11-16H2,1-4H3,(H,24,30)(H,25,26). The van der Waals surface area contributed by atoms with Crippen LogP contribution in [0.1, 0.15) is 43.1 Å². The molecule has 0 radical (unpaired) electrons. The number of aryl methyl sites for hydroxylation is 1. The monoisotopic (exact) mass is 410 g/mol. The zero-order valence-electron chi connectivity index (χ0n) is 18.6. The lowest BCUT2D eigenvalue weighted by atomic mass is 9.93. The first-order valence-electron chi connectivity index (χ1n) is 10.9. The number of para-hydroxylation sites is 1. The maximum Gasteiger partial charge on any atom is 0.220 e. The third-order valence-electron chi connectivity index (χ3n) is 5.83. The number of benzene rings is 1. The van der Waals surface area contributed by atoms with Crippen molar-refractivity contribution in [2.45, 2.75) is 46.6 Å². The Morgan fingerprint density at radius 2 is 1.90 bits per heavy atom. The minimum atomic E-state index is 0.135. The van der Waals surface area contributed by atoms with Crippen molar-refractivity contribution in [2.24, 2.45) is 10.9 Å². The predicted octanol–water partition coefficient (Wildman–Crippen LogP) is 2.80. The summed E-state index contributed by atoms with van der Waals surface area (Å²) >= 11 is 0. The summed E-state index contributed by atoms with van der Waals surface area (Å²) in [7, 11) is 1.71. The van der Waals surface area contributed by atoms with Crippen LogP contribution in [0.3, 0.4) is 0 Å². The molecule has 0 spiro atoms. The Kier molecular flexibility index (Phi) is 7.49. The van der Waals surface area contributed by atoms with E-state index in [-0.39, 0.29) is 5.91 Å². The van der Waals surface area contributed by atoms with Crippen molar-refractivity contribution in [3.63, 3.8) is 0 Å². The fourth-order valence-electron chi connectivity index (χ4n) is 4.02. The number of aromatic nitrogens is 2. The average Bonchev–Trinajstić information content (AvgIpc) is 3.05. The van der Waals surface area contributed by atoms with Crippen molar-refractivity contribution in [3.05, 3.63) is 47.3 Å². The van der Waals surface area contributed by atoms with Crippen LogP contribution in [-0.4, -0.2) is 53.2 Å². The SMILES string of the molecule is CCNC(=NCc1c(C)nn(-c2ccccc2)c1C)N1CCC(CC(=O)NC)CC1. The Balaban J connectivity index is 1.70. The molecule has 1 aromatic heterocycles. The van der Waals surface area contributed by atoms with Gasteiger partial charge in [-0.05, 0) is 51.7 Å². The fraction of sp³-hybridized carbons (Fsp3) is 0.522. The number of rotatable bonds is 6. The van der Waals surface area contributed by atoms with E-state index in [1.165, 1.54) is 5.56 Å². The lowest BCUT2D eigenvalue weighted by Crippen LogP contribution is -2.46. The molecule has 0 saturated carbocycles. The first-order valence-corrected chi connectivity index (χ1v) is 10.9. The van der Waals surface area contributed by atoms with E-state index in [0.717, 1.165) is 55.5 Å². The summed E-state index contributed by atoms with van der Waals surface area (Å²) in [5, 5.41) is 10.9. The maximum atomic E-state index is 11.7. The molecule has 2 N–H and O–H groups in total. The van der Waals surface area contributed by atoms with Gasteiger partial charge in [-0.1, -0.05) is 18.2 Å². The van der Waals surface area contributed by atoms with Gasteiger partial charge >= 0.3 is 0 Å². The van der Waals surface area contributed by atoms with Crippen molar-refractivity contribution in [3.8, 4) is 5.69 Å². The van der Waals surface area contributed by atoms with Crippen LogP contribution in [0.4, 0.5) is 0 Å². The van der Waals surface area contributed by atoms with Crippen molar-refractivity contribution in [2.75, 3.05) is 26.7 Å². The van der Waals surface area contributed by atoms with Crippen molar-refractivity contribution in [1.29, 1.82) is 0 Å². The number of hydrogen-bond donors (Lipinski definition) is 2. The molecule has 2 aromatic rings. The van der Waals surface area contributed by atoms with Crippen LogP contribution in [0.2, 0.25) is 0 Å². The quantitative estimate of drug-likeness (QED) is 0.567. The Hall–Kier alpha value is -2.83. The number of carbonyl (C=O) groups is 1. The van der Waals surface area contributed by atoms with Gasteiger partial charge in [0.15, 0.2) is 5.96 Å². The zero-order chi connectivity index (χ0) is 21.5. The molecule has 7 heteroatoms. The minimum Gasteiger partial charge on any atom is -0.359 e. The second-order valence-corrected chi connectivity index (χ2v) is 7.87. The van der Waals surface area contributed by atoms with Crippen molar-refractivity contribution < 1.29 is 4.79 Å². The zero-order valence-corrected chi connectivity index (χ0v) is 18.6. The minimum absolute atomic E-state index is 0.135. The van der Waals surface area contributed by atoms with E-state index in [1.54, 1.807) is 7.05 Å². The molecule has 1 aromatic carbocycles. The van der Waals surface area contributed by atoms with Crippen molar-refractivity contribution >= 4 is 11.9 Å². The average molecular weight is 411 g/mol. The molecule has 162 valence electrons.